The average Bonchev–Trinajstić information content (AvgIpc) is 3.08. The van der Waals surface area contributed by atoms with Crippen LogP contribution >= 0.6 is 0 Å². The Bertz CT molecular complexity index is 1030. The number of amides is 2. The molecule has 10 heteroatoms. The van der Waals surface area contributed by atoms with Crippen molar-refractivity contribution in [3.63, 3.8) is 0 Å². The molecule has 0 bridgehead atoms. The predicted octanol–water partition coefficient (Wildman–Crippen LogP) is 4.07. The lowest BCUT2D eigenvalue weighted by molar-refractivity contribution is -0.161. The minimum Gasteiger partial charge on any atom is -0.480 e. The van der Waals surface area contributed by atoms with Gasteiger partial charge in [0.05, 0.1) is 6.42 Å². The lowest BCUT2D eigenvalue weighted by atomic mass is 9.98. The molecule has 2 atom stereocenters. The molecule has 0 aromatic heterocycles. The number of hydrogen-bond donors (Lipinski definition) is 3. The quantitative estimate of drug-likeness (QED) is 0.531. The maximum absolute atomic E-state index is 13.5. The molecule has 34 heavy (non-hydrogen) atoms. The molecule has 3 N–H and O–H groups in total. The number of halogens is 3. The topological polar surface area (TPSA) is 105 Å². The van der Waals surface area contributed by atoms with E-state index in [4.69, 9.17) is 9.84 Å². The highest BCUT2D eigenvalue weighted by molar-refractivity contribution is 5.84. The molecule has 2 aromatic rings. The van der Waals surface area contributed by atoms with Crippen LogP contribution in [0.3, 0.4) is 0 Å². The van der Waals surface area contributed by atoms with Gasteiger partial charge < -0.3 is 20.5 Å². The van der Waals surface area contributed by atoms with Crippen LogP contribution in [-0.2, 0) is 14.3 Å². The second-order valence-electron chi connectivity index (χ2n) is 8.40. The standard InChI is InChI=1S/C24H25F3N2O5/c1-13(2)21(22(31)32)29-20(30)11-19(24(25,26)27)28-23(33)34-12-18-16-9-5-3-7-14(16)15-8-4-6-10-17(15)18/h3-10,13,18-19,21H,11-12H2,1-2H3,(H,28,33)(H,29,30)(H,31,32)/t19?,21-/m1/s1. The lowest BCUT2D eigenvalue weighted by Crippen LogP contribution is -2.51. The number of carbonyl (C=O) groups excluding carboxylic acids is 2. The third-order valence-corrected chi connectivity index (χ3v) is 5.67. The largest absolute Gasteiger partial charge is 0.480 e. The molecule has 182 valence electrons. The van der Waals surface area contributed by atoms with Crippen LogP contribution in [0, 0.1) is 5.92 Å². The number of benzene rings is 2. The Morgan fingerprint density at radius 2 is 1.50 bits per heavy atom. The van der Waals surface area contributed by atoms with Crippen molar-refractivity contribution in [1.29, 1.82) is 0 Å². The van der Waals surface area contributed by atoms with E-state index in [2.05, 4.69) is 5.32 Å². The molecule has 1 aliphatic carbocycles. The SMILES string of the molecule is CC(C)[C@@H](NC(=O)CC(NC(=O)OCC1c2ccccc2-c2ccccc21)C(F)(F)F)C(=O)O. The van der Waals surface area contributed by atoms with Gasteiger partial charge in [0, 0.05) is 5.92 Å². The molecule has 1 aliphatic rings. The van der Waals surface area contributed by atoms with Gasteiger partial charge >= 0.3 is 18.2 Å². The summed E-state index contributed by atoms with van der Waals surface area (Å²) in [5, 5.41) is 12.9. The molecule has 0 fully saturated rings. The van der Waals surface area contributed by atoms with Gasteiger partial charge in [0.15, 0.2) is 0 Å². The van der Waals surface area contributed by atoms with Crippen LogP contribution in [0.1, 0.15) is 37.3 Å². The molecule has 7 nitrogen and oxygen atoms in total. The van der Waals surface area contributed by atoms with Crippen LogP contribution in [-0.4, -0.2) is 47.9 Å². The van der Waals surface area contributed by atoms with Crippen molar-refractivity contribution in [2.45, 2.75) is 44.4 Å². The van der Waals surface area contributed by atoms with E-state index in [1.165, 1.54) is 13.8 Å². The van der Waals surface area contributed by atoms with Crippen LogP contribution in [0.15, 0.2) is 48.5 Å². The summed E-state index contributed by atoms with van der Waals surface area (Å²) in [4.78, 5) is 35.5. The number of hydrogen-bond acceptors (Lipinski definition) is 4. The fraction of sp³-hybridized carbons (Fsp3) is 0.375. The number of carbonyl (C=O) groups is 3. The minimum absolute atomic E-state index is 0.189. The number of alkyl halides is 3. The summed E-state index contributed by atoms with van der Waals surface area (Å²) in [5.74, 6) is -3.40. The first-order chi connectivity index (χ1) is 16.0. The van der Waals surface area contributed by atoms with Crippen molar-refractivity contribution >= 4 is 18.0 Å². The summed E-state index contributed by atoms with van der Waals surface area (Å²) < 4.78 is 45.5. The zero-order chi connectivity index (χ0) is 25.0. The molecule has 0 saturated heterocycles. The molecule has 0 spiro atoms. The molecular formula is C24H25F3N2O5. The summed E-state index contributed by atoms with van der Waals surface area (Å²) in [6.45, 7) is 2.83. The molecule has 0 saturated carbocycles. The van der Waals surface area contributed by atoms with Gasteiger partial charge in [0.25, 0.3) is 0 Å². The highest BCUT2D eigenvalue weighted by Gasteiger charge is 2.43. The Morgan fingerprint density at radius 1 is 0.971 bits per heavy atom. The predicted molar refractivity (Wildman–Crippen MR) is 117 cm³/mol. The van der Waals surface area contributed by atoms with Crippen molar-refractivity contribution < 1.29 is 37.4 Å². The fourth-order valence-electron chi connectivity index (χ4n) is 3.96. The van der Waals surface area contributed by atoms with E-state index in [1.54, 1.807) is 5.32 Å². The Labute approximate surface area is 194 Å². The van der Waals surface area contributed by atoms with Gasteiger partial charge in [-0.1, -0.05) is 62.4 Å². The molecular weight excluding hydrogens is 453 g/mol. The van der Waals surface area contributed by atoms with E-state index in [9.17, 15) is 27.6 Å². The first-order valence-corrected chi connectivity index (χ1v) is 10.7. The maximum atomic E-state index is 13.5. The number of ether oxygens (including phenoxy) is 1. The second-order valence-corrected chi connectivity index (χ2v) is 8.40. The van der Waals surface area contributed by atoms with Crippen molar-refractivity contribution in [2.24, 2.45) is 5.92 Å². The van der Waals surface area contributed by atoms with Crippen molar-refractivity contribution in [1.82, 2.24) is 10.6 Å². The van der Waals surface area contributed by atoms with Gasteiger partial charge in [-0.3, -0.25) is 4.79 Å². The zero-order valence-corrected chi connectivity index (χ0v) is 18.6. The number of aliphatic carboxylic acids is 1. The summed E-state index contributed by atoms with van der Waals surface area (Å²) in [6.07, 6.45) is -7.44. The summed E-state index contributed by atoms with van der Waals surface area (Å²) in [7, 11) is 0. The first kappa shape index (κ1) is 25.1. The van der Waals surface area contributed by atoms with Crippen LogP contribution in [0.2, 0.25) is 0 Å². The number of rotatable bonds is 8. The monoisotopic (exact) mass is 478 g/mol. The van der Waals surface area contributed by atoms with Crippen LogP contribution in [0.4, 0.5) is 18.0 Å². The van der Waals surface area contributed by atoms with Crippen LogP contribution in [0.25, 0.3) is 11.1 Å². The summed E-state index contributed by atoms with van der Waals surface area (Å²) >= 11 is 0. The number of alkyl carbamates (subject to hydrolysis) is 1. The van der Waals surface area contributed by atoms with Crippen molar-refractivity contribution in [2.75, 3.05) is 6.61 Å². The van der Waals surface area contributed by atoms with E-state index in [1.807, 2.05) is 48.5 Å². The van der Waals surface area contributed by atoms with E-state index in [-0.39, 0.29) is 12.5 Å². The van der Waals surface area contributed by atoms with Crippen LogP contribution < -0.4 is 10.6 Å². The van der Waals surface area contributed by atoms with E-state index < -0.39 is 48.6 Å². The Balaban J connectivity index is 1.65. The highest BCUT2D eigenvalue weighted by atomic mass is 19.4. The molecule has 2 amide bonds. The van der Waals surface area contributed by atoms with Gasteiger partial charge in [-0.05, 0) is 28.2 Å². The van der Waals surface area contributed by atoms with Gasteiger partial charge in [-0.15, -0.1) is 0 Å². The molecule has 2 aromatic carbocycles. The Hall–Kier alpha value is -3.56. The van der Waals surface area contributed by atoms with Gasteiger partial charge in [-0.25, -0.2) is 9.59 Å². The van der Waals surface area contributed by atoms with Crippen molar-refractivity contribution in [3.05, 3.63) is 59.7 Å². The molecule has 3 rings (SSSR count). The fourth-order valence-corrected chi connectivity index (χ4v) is 3.96. The highest BCUT2D eigenvalue weighted by Crippen LogP contribution is 2.44. The number of carboxylic acids is 1. The second kappa shape index (κ2) is 10.1. The Kier molecular flexibility index (Phi) is 7.48. The lowest BCUT2D eigenvalue weighted by Gasteiger charge is -2.23. The zero-order valence-electron chi connectivity index (χ0n) is 18.6. The minimum atomic E-state index is -4.94. The summed E-state index contributed by atoms with van der Waals surface area (Å²) in [5.41, 5.74) is 3.73. The van der Waals surface area contributed by atoms with E-state index >= 15 is 0 Å². The Morgan fingerprint density at radius 3 is 1.97 bits per heavy atom. The van der Waals surface area contributed by atoms with E-state index in [0.717, 1.165) is 22.3 Å². The average molecular weight is 478 g/mol. The maximum Gasteiger partial charge on any atom is 0.409 e. The molecule has 1 unspecified atom stereocenters. The van der Waals surface area contributed by atoms with Gasteiger partial charge in [0.1, 0.15) is 18.7 Å². The van der Waals surface area contributed by atoms with Crippen molar-refractivity contribution in [3.8, 4) is 11.1 Å². The normalized spacial score (nSPS) is 14.6. The smallest absolute Gasteiger partial charge is 0.409 e. The number of nitrogens with one attached hydrogen (secondary N) is 2. The molecule has 0 aliphatic heterocycles. The van der Waals surface area contributed by atoms with E-state index in [0.29, 0.717) is 0 Å². The van der Waals surface area contributed by atoms with Crippen LogP contribution in [0.5, 0.6) is 0 Å². The third-order valence-electron chi connectivity index (χ3n) is 5.67. The third kappa shape index (κ3) is 5.67. The number of fused-ring (bicyclic) bond motifs is 3. The molecule has 0 heterocycles. The van der Waals surface area contributed by atoms with Gasteiger partial charge in [-0.2, -0.15) is 13.2 Å². The first-order valence-electron chi connectivity index (χ1n) is 10.7. The number of carboxylic acid groups (broad SMARTS) is 1. The van der Waals surface area contributed by atoms with Gasteiger partial charge in [0.2, 0.25) is 5.91 Å². The summed E-state index contributed by atoms with van der Waals surface area (Å²) in [6, 6.07) is 11.1. The molecule has 0 radical (unpaired) electrons.